The summed E-state index contributed by atoms with van der Waals surface area (Å²) < 4.78 is 4.21. The van der Waals surface area contributed by atoms with Gasteiger partial charge in [-0.25, -0.2) is 9.50 Å². The van der Waals surface area contributed by atoms with E-state index >= 15 is 0 Å². The molecule has 3 aromatic rings. The number of nitrogens with zero attached hydrogens (tertiary/aromatic N) is 6. The Morgan fingerprint density at radius 1 is 1.19 bits per heavy atom. The number of hydrogen-bond acceptors (Lipinski definition) is 6. The van der Waals surface area contributed by atoms with Crippen LogP contribution >= 0.6 is 11.8 Å². The number of carbonyl (C=O) groups excluding carboxylic acids is 1. The molecule has 1 aliphatic carbocycles. The first kappa shape index (κ1) is 22.8. The molecule has 0 unspecified atom stereocenters. The molecule has 9 heteroatoms. The van der Waals surface area contributed by atoms with Gasteiger partial charge in [0, 0.05) is 42.9 Å². The SMILES string of the molecule is CSc1nnc(CCCNC(=O)CCc2c(C)nc3cc(C)nn3c2C)n1C1CCCC1. The summed E-state index contributed by atoms with van der Waals surface area (Å²) in [4.78, 5) is 17.1. The number of rotatable bonds is 9. The molecule has 1 saturated carbocycles. The summed E-state index contributed by atoms with van der Waals surface area (Å²) in [6, 6.07) is 2.51. The maximum atomic E-state index is 12.5. The highest BCUT2D eigenvalue weighted by Gasteiger charge is 2.23. The van der Waals surface area contributed by atoms with Crippen molar-refractivity contribution in [2.45, 2.75) is 83.3 Å². The number of aryl methyl sites for hydroxylation is 4. The van der Waals surface area contributed by atoms with Crippen LogP contribution in [0.15, 0.2) is 11.2 Å². The van der Waals surface area contributed by atoms with Gasteiger partial charge < -0.3 is 9.88 Å². The van der Waals surface area contributed by atoms with E-state index in [1.54, 1.807) is 11.8 Å². The molecule has 0 radical (unpaired) electrons. The normalized spacial score (nSPS) is 14.5. The molecular formula is C23H33N7OS. The van der Waals surface area contributed by atoms with Crippen LogP contribution in [-0.2, 0) is 17.6 Å². The second-order valence-electron chi connectivity index (χ2n) is 8.68. The van der Waals surface area contributed by atoms with Gasteiger partial charge in [0.25, 0.3) is 0 Å². The van der Waals surface area contributed by atoms with Crippen molar-refractivity contribution in [3.63, 3.8) is 0 Å². The zero-order valence-corrected chi connectivity index (χ0v) is 20.3. The molecule has 0 bridgehead atoms. The third kappa shape index (κ3) is 4.82. The highest BCUT2D eigenvalue weighted by Crippen LogP contribution is 2.33. The highest BCUT2D eigenvalue weighted by molar-refractivity contribution is 7.98. The zero-order chi connectivity index (χ0) is 22.7. The van der Waals surface area contributed by atoms with Crippen LogP contribution in [0.1, 0.15) is 73.0 Å². The third-order valence-electron chi connectivity index (χ3n) is 6.40. The standard InChI is InChI=1S/C23H33N7OS/c1-15-14-21-25-16(2)19(17(3)30(21)28-15)11-12-22(31)24-13-7-10-20-26-27-23(32-4)29(20)18-8-5-6-9-18/h14,18H,5-13H2,1-4H3,(H,24,31). The Kier molecular flexibility index (Phi) is 7.13. The van der Waals surface area contributed by atoms with Crippen LogP contribution in [0.5, 0.6) is 0 Å². The van der Waals surface area contributed by atoms with Crippen molar-refractivity contribution < 1.29 is 4.79 Å². The van der Waals surface area contributed by atoms with E-state index < -0.39 is 0 Å². The lowest BCUT2D eigenvalue weighted by atomic mass is 10.1. The van der Waals surface area contributed by atoms with Crippen LogP contribution in [0.25, 0.3) is 5.65 Å². The topological polar surface area (TPSA) is 90.0 Å². The van der Waals surface area contributed by atoms with E-state index in [1.807, 2.05) is 31.4 Å². The second-order valence-corrected chi connectivity index (χ2v) is 9.46. The Balaban J connectivity index is 1.28. The first-order valence-corrected chi connectivity index (χ1v) is 12.8. The number of carbonyl (C=O) groups is 1. The minimum atomic E-state index is 0.0719. The predicted molar refractivity (Wildman–Crippen MR) is 126 cm³/mol. The molecule has 1 N–H and O–H groups in total. The fraction of sp³-hybridized carbons (Fsp3) is 0.609. The van der Waals surface area contributed by atoms with Gasteiger partial charge in [-0.3, -0.25) is 4.79 Å². The van der Waals surface area contributed by atoms with Gasteiger partial charge in [0.15, 0.2) is 10.8 Å². The molecule has 4 rings (SSSR count). The summed E-state index contributed by atoms with van der Waals surface area (Å²) in [7, 11) is 0. The van der Waals surface area contributed by atoms with Gasteiger partial charge in [0.1, 0.15) is 5.82 Å². The number of amides is 1. The van der Waals surface area contributed by atoms with Crippen LogP contribution in [0.2, 0.25) is 0 Å². The lowest BCUT2D eigenvalue weighted by Gasteiger charge is -2.16. The van der Waals surface area contributed by atoms with Gasteiger partial charge in [0.05, 0.1) is 5.69 Å². The molecule has 0 aliphatic heterocycles. The first-order valence-electron chi connectivity index (χ1n) is 11.5. The molecule has 1 aliphatic rings. The Bertz CT molecular complexity index is 1100. The smallest absolute Gasteiger partial charge is 0.220 e. The number of fused-ring (bicyclic) bond motifs is 1. The quantitative estimate of drug-likeness (QED) is 0.390. The molecule has 3 heterocycles. The summed E-state index contributed by atoms with van der Waals surface area (Å²) in [5.74, 6) is 1.12. The fourth-order valence-corrected chi connectivity index (χ4v) is 5.32. The third-order valence-corrected chi connectivity index (χ3v) is 7.04. The molecule has 3 aromatic heterocycles. The minimum Gasteiger partial charge on any atom is -0.356 e. The van der Waals surface area contributed by atoms with Crippen molar-refractivity contribution in [1.82, 2.24) is 34.7 Å². The van der Waals surface area contributed by atoms with Crippen LogP contribution in [0.3, 0.4) is 0 Å². The Morgan fingerprint density at radius 3 is 2.72 bits per heavy atom. The van der Waals surface area contributed by atoms with Gasteiger partial charge in [-0.15, -0.1) is 10.2 Å². The lowest BCUT2D eigenvalue weighted by molar-refractivity contribution is -0.121. The van der Waals surface area contributed by atoms with Crippen molar-refractivity contribution >= 4 is 23.3 Å². The van der Waals surface area contributed by atoms with Crippen molar-refractivity contribution in [2.75, 3.05) is 12.8 Å². The number of nitrogens with one attached hydrogen (secondary N) is 1. The summed E-state index contributed by atoms with van der Waals surface area (Å²) in [5, 5.41) is 17.4. The van der Waals surface area contributed by atoms with E-state index in [-0.39, 0.29) is 5.91 Å². The van der Waals surface area contributed by atoms with Gasteiger partial charge >= 0.3 is 0 Å². The van der Waals surface area contributed by atoms with Crippen molar-refractivity contribution in [3.05, 3.63) is 34.5 Å². The monoisotopic (exact) mass is 455 g/mol. The average molecular weight is 456 g/mol. The number of hydrogen-bond donors (Lipinski definition) is 1. The van der Waals surface area contributed by atoms with Crippen LogP contribution in [0.4, 0.5) is 0 Å². The molecule has 32 heavy (non-hydrogen) atoms. The molecular weight excluding hydrogens is 422 g/mol. The predicted octanol–water partition coefficient (Wildman–Crippen LogP) is 3.76. The number of thioether (sulfide) groups is 1. The Labute approximate surface area is 193 Å². The fourth-order valence-electron chi connectivity index (χ4n) is 4.75. The maximum Gasteiger partial charge on any atom is 0.220 e. The highest BCUT2D eigenvalue weighted by atomic mass is 32.2. The molecule has 172 valence electrons. The van der Waals surface area contributed by atoms with Crippen LogP contribution in [-0.4, -0.2) is 48.1 Å². The second kappa shape index (κ2) is 10.0. The van der Waals surface area contributed by atoms with E-state index in [2.05, 4.69) is 36.4 Å². The van der Waals surface area contributed by atoms with Crippen LogP contribution < -0.4 is 5.32 Å². The number of aromatic nitrogens is 6. The van der Waals surface area contributed by atoms with Gasteiger partial charge in [-0.2, -0.15) is 5.10 Å². The van der Waals surface area contributed by atoms with Gasteiger partial charge in [0.2, 0.25) is 5.91 Å². The van der Waals surface area contributed by atoms with Crippen molar-refractivity contribution in [1.29, 1.82) is 0 Å². The van der Waals surface area contributed by atoms with Crippen molar-refractivity contribution in [2.24, 2.45) is 0 Å². The summed E-state index contributed by atoms with van der Waals surface area (Å²) >= 11 is 1.66. The maximum absolute atomic E-state index is 12.5. The van der Waals surface area contributed by atoms with Crippen molar-refractivity contribution in [3.8, 4) is 0 Å². The molecule has 0 atom stereocenters. The zero-order valence-electron chi connectivity index (χ0n) is 19.5. The van der Waals surface area contributed by atoms with Gasteiger partial charge in [-0.05, 0) is 58.3 Å². The van der Waals surface area contributed by atoms with E-state index in [0.717, 1.165) is 52.1 Å². The molecule has 0 aromatic carbocycles. The van der Waals surface area contributed by atoms with E-state index in [1.165, 1.54) is 25.7 Å². The van der Waals surface area contributed by atoms with E-state index in [4.69, 9.17) is 0 Å². The minimum absolute atomic E-state index is 0.0719. The average Bonchev–Trinajstić information content (AvgIpc) is 3.50. The Morgan fingerprint density at radius 2 is 1.97 bits per heavy atom. The molecule has 1 amide bonds. The summed E-state index contributed by atoms with van der Waals surface area (Å²) in [6.07, 6.45) is 9.87. The molecule has 0 spiro atoms. The first-order chi connectivity index (χ1) is 15.5. The van der Waals surface area contributed by atoms with E-state index in [9.17, 15) is 4.79 Å². The van der Waals surface area contributed by atoms with Crippen LogP contribution in [0, 0.1) is 20.8 Å². The molecule has 0 saturated heterocycles. The van der Waals surface area contributed by atoms with Gasteiger partial charge in [-0.1, -0.05) is 24.6 Å². The molecule has 8 nitrogen and oxygen atoms in total. The Hall–Kier alpha value is -2.42. The van der Waals surface area contributed by atoms with E-state index in [0.29, 0.717) is 25.4 Å². The summed E-state index contributed by atoms with van der Waals surface area (Å²) in [5.41, 5.74) is 4.94. The lowest BCUT2D eigenvalue weighted by Crippen LogP contribution is -2.25. The summed E-state index contributed by atoms with van der Waals surface area (Å²) in [6.45, 7) is 6.67. The molecule has 1 fully saturated rings. The largest absolute Gasteiger partial charge is 0.356 e.